The average Bonchev–Trinajstić information content (AvgIpc) is 3.28. The fourth-order valence-corrected chi connectivity index (χ4v) is 13.4. The third-order valence-electron chi connectivity index (χ3n) is 9.93. The fourth-order valence-electron chi connectivity index (χ4n) is 8.22. The largest absolute Gasteiger partial charge is 0.385 e. The van der Waals surface area contributed by atoms with E-state index in [-0.39, 0.29) is 27.7 Å². The van der Waals surface area contributed by atoms with E-state index in [0.29, 0.717) is 18.4 Å². The number of ether oxygens (including phenoxy) is 1. The number of fused-ring (bicyclic) bond motifs is 5. The smallest absolute Gasteiger partial charge is 0.350 e. The van der Waals surface area contributed by atoms with Crippen LogP contribution in [0.15, 0.2) is 24.3 Å². The molecule has 3 fully saturated rings. The second-order valence-electron chi connectivity index (χ2n) is 16.0. The Labute approximate surface area is 235 Å². The number of aliphatic hydroxyl groups is 1. The standard InChI is InChI=1S/C32H49NO5Si/c1-27(2,3)39(28(4,5)6)36-24-25(37-39)31(10)19-32(35,18-30(24,9)38-31)21-11-12-22(26(33)34)23(17-21)20-13-15-29(7,8)16-14-20/h11-13,17,24-25,35H,14-16,18-19H2,1-10H3,(H2,33,34). The maximum Gasteiger partial charge on any atom is 0.350 e. The lowest BCUT2D eigenvalue weighted by Gasteiger charge is -2.51. The molecule has 3 heterocycles. The minimum Gasteiger partial charge on any atom is -0.385 e. The van der Waals surface area contributed by atoms with Crippen molar-refractivity contribution in [2.24, 2.45) is 11.1 Å². The minimum absolute atomic E-state index is 0.130. The van der Waals surface area contributed by atoms with Gasteiger partial charge in [-0.15, -0.1) is 0 Å². The molecule has 0 saturated carbocycles. The molecular weight excluding hydrogens is 506 g/mol. The lowest BCUT2D eigenvalue weighted by Crippen LogP contribution is -2.59. The molecule has 4 unspecified atom stereocenters. The monoisotopic (exact) mass is 555 g/mol. The Balaban J connectivity index is 1.54. The first-order valence-electron chi connectivity index (χ1n) is 14.6. The molecule has 4 atom stereocenters. The Hall–Kier alpha value is -1.51. The van der Waals surface area contributed by atoms with E-state index >= 15 is 0 Å². The summed E-state index contributed by atoms with van der Waals surface area (Å²) in [5, 5.41) is 12.1. The quantitative estimate of drug-likeness (QED) is 0.403. The Kier molecular flexibility index (Phi) is 6.33. The van der Waals surface area contributed by atoms with Gasteiger partial charge in [-0.3, -0.25) is 4.79 Å². The van der Waals surface area contributed by atoms with E-state index in [1.165, 1.54) is 0 Å². The number of carbonyl (C=O) groups is 1. The first-order valence-corrected chi connectivity index (χ1v) is 16.4. The predicted molar refractivity (Wildman–Crippen MR) is 157 cm³/mol. The first kappa shape index (κ1) is 29.0. The SMILES string of the molecule is CC1(C)CC=C(c2cc(C3(O)CC4(C)OC(C)(C3)C3O[Si](C(C)(C)C)(C(C)(C)C)OC34)ccc2C(N)=O)CC1. The molecule has 39 heavy (non-hydrogen) atoms. The van der Waals surface area contributed by atoms with Crippen molar-refractivity contribution >= 4 is 20.0 Å². The molecule has 5 rings (SSSR count). The molecule has 0 radical (unpaired) electrons. The van der Waals surface area contributed by atoms with Crippen molar-refractivity contribution in [3.63, 3.8) is 0 Å². The number of rotatable bonds is 3. The highest BCUT2D eigenvalue weighted by molar-refractivity contribution is 6.74. The molecule has 7 heteroatoms. The molecule has 1 aromatic carbocycles. The van der Waals surface area contributed by atoms with Crippen LogP contribution in [0.5, 0.6) is 0 Å². The molecule has 0 aromatic heterocycles. The van der Waals surface area contributed by atoms with Gasteiger partial charge >= 0.3 is 8.56 Å². The van der Waals surface area contributed by atoms with Crippen LogP contribution in [0.25, 0.3) is 5.57 Å². The third-order valence-corrected chi connectivity index (χ3v) is 15.1. The Morgan fingerprint density at radius 2 is 1.51 bits per heavy atom. The molecular formula is C32H49NO5Si. The molecule has 6 nitrogen and oxygen atoms in total. The molecule has 1 aromatic rings. The summed E-state index contributed by atoms with van der Waals surface area (Å²) < 4.78 is 21.0. The van der Waals surface area contributed by atoms with Crippen molar-refractivity contribution in [1.29, 1.82) is 0 Å². The zero-order valence-electron chi connectivity index (χ0n) is 25.7. The Bertz CT molecular complexity index is 1180. The number of hydrogen-bond donors (Lipinski definition) is 2. The van der Waals surface area contributed by atoms with Crippen LogP contribution in [-0.2, 0) is 19.2 Å². The van der Waals surface area contributed by atoms with Gasteiger partial charge in [-0.05, 0) is 67.4 Å². The van der Waals surface area contributed by atoms with E-state index in [2.05, 4.69) is 75.3 Å². The molecule has 3 saturated heterocycles. The van der Waals surface area contributed by atoms with Gasteiger partial charge in [-0.25, -0.2) is 0 Å². The van der Waals surface area contributed by atoms with Crippen LogP contribution in [0.1, 0.15) is 123 Å². The average molecular weight is 556 g/mol. The van der Waals surface area contributed by atoms with Gasteiger partial charge < -0.3 is 24.4 Å². The Morgan fingerprint density at radius 1 is 0.974 bits per heavy atom. The van der Waals surface area contributed by atoms with Crippen molar-refractivity contribution in [2.45, 2.75) is 140 Å². The van der Waals surface area contributed by atoms with E-state index in [0.717, 1.165) is 36.0 Å². The summed E-state index contributed by atoms with van der Waals surface area (Å²) in [7, 11) is -2.70. The van der Waals surface area contributed by atoms with Gasteiger partial charge in [0.05, 0.1) is 16.8 Å². The minimum atomic E-state index is -2.70. The highest BCUT2D eigenvalue weighted by Gasteiger charge is 2.76. The highest BCUT2D eigenvalue weighted by Crippen LogP contribution is 2.65. The molecule has 4 aliphatic rings. The van der Waals surface area contributed by atoms with Crippen LogP contribution in [0.4, 0.5) is 0 Å². The predicted octanol–water partition coefficient (Wildman–Crippen LogP) is 6.73. The van der Waals surface area contributed by atoms with Crippen LogP contribution >= 0.6 is 0 Å². The zero-order chi connectivity index (χ0) is 29.0. The summed E-state index contributed by atoms with van der Waals surface area (Å²) >= 11 is 0. The van der Waals surface area contributed by atoms with Gasteiger partial charge in [0.2, 0.25) is 5.91 Å². The van der Waals surface area contributed by atoms with Gasteiger partial charge in [0.15, 0.2) is 0 Å². The number of hydrogen-bond acceptors (Lipinski definition) is 5. The van der Waals surface area contributed by atoms with Gasteiger partial charge in [-0.1, -0.05) is 67.5 Å². The van der Waals surface area contributed by atoms with E-state index in [4.69, 9.17) is 19.3 Å². The second-order valence-corrected chi connectivity index (χ2v) is 20.7. The topological polar surface area (TPSA) is 91.0 Å². The zero-order valence-corrected chi connectivity index (χ0v) is 26.7. The number of primary amides is 1. The summed E-state index contributed by atoms with van der Waals surface area (Å²) in [4.78, 5) is 12.4. The number of allylic oxidation sites excluding steroid dienone is 2. The van der Waals surface area contributed by atoms with Crippen LogP contribution in [-0.4, -0.2) is 43.0 Å². The molecule has 3 aliphatic heterocycles. The lowest BCUT2D eigenvalue weighted by molar-refractivity contribution is -0.220. The molecule has 2 bridgehead atoms. The fraction of sp³-hybridized carbons (Fsp3) is 0.719. The van der Waals surface area contributed by atoms with E-state index in [9.17, 15) is 9.90 Å². The normalized spacial score (nSPS) is 37.4. The first-order chi connectivity index (χ1) is 17.7. The van der Waals surface area contributed by atoms with Crippen LogP contribution < -0.4 is 5.73 Å². The van der Waals surface area contributed by atoms with Crippen molar-refractivity contribution in [2.75, 3.05) is 0 Å². The number of carbonyl (C=O) groups excluding carboxylic acids is 1. The van der Waals surface area contributed by atoms with Gasteiger partial charge in [0, 0.05) is 28.5 Å². The number of benzene rings is 1. The summed E-state index contributed by atoms with van der Waals surface area (Å²) in [5.41, 5.74) is 6.75. The molecule has 1 amide bonds. The Morgan fingerprint density at radius 3 is 1.95 bits per heavy atom. The van der Waals surface area contributed by atoms with Crippen LogP contribution in [0, 0.1) is 5.41 Å². The van der Waals surface area contributed by atoms with Gasteiger partial charge in [-0.2, -0.15) is 0 Å². The van der Waals surface area contributed by atoms with Crippen molar-refractivity contribution in [3.8, 4) is 0 Å². The van der Waals surface area contributed by atoms with Gasteiger partial charge in [0.25, 0.3) is 0 Å². The van der Waals surface area contributed by atoms with Crippen LogP contribution in [0.2, 0.25) is 10.1 Å². The third kappa shape index (κ3) is 4.38. The molecule has 3 N–H and O–H groups in total. The molecule has 0 spiro atoms. The van der Waals surface area contributed by atoms with Crippen molar-refractivity contribution < 1.29 is 23.5 Å². The van der Waals surface area contributed by atoms with Gasteiger partial charge in [0.1, 0.15) is 12.2 Å². The van der Waals surface area contributed by atoms with Crippen molar-refractivity contribution in [3.05, 3.63) is 41.0 Å². The van der Waals surface area contributed by atoms with E-state index in [1.807, 2.05) is 12.1 Å². The van der Waals surface area contributed by atoms with Crippen molar-refractivity contribution in [1.82, 2.24) is 0 Å². The van der Waals surface area contributed by atoms with Crippen LogP contribution in [0.3, 0.4) is 0 Å². The maximum absolute atomic E-state index is 12.4. The van der Waals surface area contributed by atoms with E-state index in [1.54, 1.807) is 6.07 Å². The summed E-state index contributed by atoms with van der Waals surface area (Å²) in [5.74, 6) is -0.442. The second kappa shape index (κ2) is 8.51. The van der Waals surface area contributed by atoms with E-state index < -0.39 is 31.3 Å². The molecule has 216 valence electrons. The highest BCUT2D eigenvalue weighted by atomic mass is 28.4. The summed E-state index contributed by atoms with van der Waals surface area (Å²) in [6.07, 6.45) is 5.38. The number of nitrogens with two attached hydrogens (primary N) is 1. The number of amides is 1. The molecule has 1 aliphatic carbocycles. The lowest BCUT2D eigenvalue weighted by atomic mass is 9.73. The summed E-state index contributed by atoms with van der Waals surface area (Å²) in [6, 6.07) is 5.66. The maximum atomic E-state index is 12.4. The summed E-state index contributed by atoms with van der Waals surface area (Å²) in [6.45, 7) is 22.1.